The fourth-order valence-corrected chi connectivity index (χ4v) is 2.22. The van der Waals surface area contributed by atoms with Crippen molar-refractivity contribution in [2.75, 3.05) is 18.5 Å². The van der Waals surface area contributed by atoms with Gasteiger partial charge in [0.1, 0.15) is 5.69 Å². The zero-order valence-corrected chi connectivity index (χ0v) is 10.9. The Hall–Kier alpha value is -2.22. The highest BCUT2D eigenvalue weighted by molar-refractivity contribution is 5.65. The minimum absolute atomic E-state index is 0.111. The monoisotopic (exact) mass is 281 g/mol. The molecule has 1 aliphatic rings. The van der Waals surface area contributed by atoms with Gasteiger partial charge in [-0.15, -0.1) is 0 Å². The van der Waals surface area contributed by atoms with E-state index >= 15 is 0 Å². The highest BCUT2D eigenvalue weighted by Crippen LogP contribution is 2.30. The number of nitrogens with zero attached hydrogens (tertiary/aromatic N) is 2. The van der Waals surface area contributed by atoms with Crippen molar-refractivity contribution in [2.45, 2.75) is 19.4 Å². The van der Waals surface area contributed by atoms with Crippen LogP contribution in [0.2, 0.25) is 0 Å². The Bertz CT molecular complexity index is 534. The maximum Gasteiger partial charge on any atom is 0.299 e. The van der Waals surface area contributed by atoms with E-state index in [9.17, 15) is 20.2 Å². The van der Waals surface area contributed by atoms with Crippen LogP contribution in [0.25, 0.3) is 0 Å². The standard InChI is InChI=1S/C12H15N3O5/c1-8-9(4-5-20-8)7-13-11-3-2-10(14(16)17)6-12(11)15(18)19/h2-3,6,8-9,13H,4-5,7H2,1H3. The smallest absolute Gasteiger partial charge is 0.299 e. The molecule has 2 atom stereocenters. The Morgan fingerprint density at radius 1 is 1.35 bits per heavy atom. The Labute approximate surface area is 115 Å². The lowest BCUT2D eigenvalue weighted by Gasteiger charge is -2.15. The third-order valence-corrected chi connectivity index (χ3v) is 3.48. The second kappa shape index (κ2) is 5.83. The van der Waals surface area contributed by atoms with Crippen LogP contribution in [-0.4, -0.2) is 29.1 Å². The number of hydrogen-bond acceptors (Lipinski definition) is 6. The number of ether oxygens (including phenoxy) is 1. The van der Waals surface area contributed by atoms with E-state index in [2.05, 4.69) is 5.32 Å². The molecule has 1 fully saturated rings. The molecule has 0 aliphatic carbocycles. The number of benzene rings is 1. The first-order chi connectivity index (χ1) is 9.49. The number of nitro benzene ring substituents is 2. The molecular formula is C12H15N3O5. The van der Waals surface area contributed by atoms with Crippen molar-refractivity contribution in [3.8, 4) is 0 Å². The topological polar surface area (TPSA) is 108 Å². The highest BCUT2D eigenvalue weighted by atomic mass is 16.6. The second-order valence-electron chi connectivity index (χ2n) is 4.72. The van der Waals surface area contributed by atoms with Crippen molar-refractivity contribution in [1.29, 1.82) is 0 Å². The van der Waals surface area contributed by atoms with E-state index in [1.165, 1.54) is 12.1 Å². The third-order valence-electron chi connectivity index (χ3n) is 3.48. The van der Waals surface area contributed by atoms with Crippen LogP contribution in [0.5, 0.6) is 0 Å². The summed E-state index contributed by atoms with van der Waals surface area (Å²) in [7, 11) is 0. The van der Waals surface area contributed by atoms with Gasteiger partial charge in [0.2, 0.25) is 0 Å². The van der Waals surface area contributed by atoms with Crippen molar-refractivity contribution in [2.24, 2.45) is 5.92 Å². The van der Waals surface area contributed by atoms with E-state index in [1.807, 2.05) is 6.92 Å². The maximum atomic E-state index is 11.0. The molecule has 1 aromatic carbocycles. The summed E-state index contributed by atoms with van der Waals surface area (Å²) in [5.41, 5.74) is -0.287. The lowest BCUT2D eigenvalue weighted by Crippen LogP contribution is -2.21. The predicted octanol–water partition coefficient (Wildman–Crippen LogP) is 2.34. The molecule has 8 nitrogen and oxygen atoms in total. The summed E-state index contributed by atoms with van der Waals surface area (Å²) in [6, 6.07) is 3.59. The van der Waals surface area contributed by atoms with Gasteiger partial charge in [0.25, 0.3) is 11.4 Å². The lowest BCUT2D eigenvalue weighted by molar-refractivity contribution is -0.393. The van der Waals surface area contributed by atoms with E-state index in [0.717, 1.165) is 12.5 Å². The SMILES string of the molecule is CC1OCCC1CNc1ccc([N+](=O)[O-])cc1[N+](=O)[O-]. The fraction of sp³-hybridized carbons (Fsp3) is 0.500. The minimum Gasteiger partial charge on any atom is -0.379 e. The molecule has 8 heteroatoms. The Kier molecular flexibility index (Phi) is 4.14. The summed E-state index contributed by atoms with van der Waals surface area (Å²) in [5, 5.41) is 24.6. The molecule has 0 aromatic heterocycles. The van der Waals surface area contributed by atoms with Crippen molar-refractivity contribution in [3.05, 3.63) is 38.4 Å². The molecule has 1 saturated heterocycles. The molecule has 1 heterocycles. The largest absolute Gasteiger partial charge is 0.379 e. The Balaban J connectivity index is 2.14. The Morgan fingerprint density at radius 2 is 2.10 bits per heavy atom. The average molecular weight is 281 g/mol. The fourth-order valence-electron chi connectivity index (χ4n) is 2.22. The Morgan fingerprint density at radius 3 is 2.65 bits per heavy atom. The van der Waals surface area contributed by atoms with E-state index in [4.69, 9.17) is 4.74 Å². The van der Waals surface area contributed by atoms with Crippen molar-refractivity contribution in [1.82, 2.24) is 0 Å². The van der Waals surface area contributed by atoms with Gasteiger partial charge >= 0.3 is 0 Å². The molecule has 20 heavy (non-hydrogen) atoms. The second-order valence-corrected chi connectivity index (χ2v) is 4.72. The molecule has 1 N–H and O–H groups in total. The van der Waals surface area contributed by atoms with Gasteiger partial charge in [-0.2, -0.15) is 0 Å². The van der Waals surface area contributed by atoms with E-state index in [1.54, 1.807) is 0 Å². The number of nitrogens with one attached hydrogen (secondary N) is 1. The van der Waals surface area contributed by atoms with E-state index in [-0.39, 0.29) is 23.4 Å². The molecule has 1 aliphatic heterocycles. The number of hydrogen-bond donors (Lipinski definition) is 1. The summed E-state index contributed by atoms with van der Waals surface area (Å²) in [6.07, 6.45) is 1.01. The summed E-state index contributed by atoms with van der Waals surface area (Å²) in [5.74, 6) is 0.282. The first kappa shape index (κ1) is 14.2. The van der Waals surface area contributed by atoms with Crippen LogP contribution >= 0.6 is 0 Å². The van der Waals surface area contributed by atoms with Gasteiger partial charge in [-0.3, -0.25) is 20.2 Å². The zero-order valence-electron chi connectivity index (χ0n) is 10.9. The molecule has 2 unspecified atom stereocenters. The normalized spacial score (nSPS) is 21.6. The van der Waals surface area contributed by atoms with Crippen LogP contribution in [0.15, 0.2) is 18.2 Å². The average Bonchev–Trinajstić information content (AvgIpc) is 2.81. The molecule has 0 amide bonds. The van der Waals surface area contributed by atoms with Gasteiger partial charge in [-0.05, 0) is 19.4 Å². The van der Waals surface area contributed by atoms with Crippen molar-refractivity contribution < 1.29 is 14.6 Å². The van der Waals surface area contributed by atoms with Gasteiger partial charge in [0, 0.05) is 25.1 Å². The molecule has 1 aromatic rings. The summed E-state index contributed by atoms with van der Waals surface area (Å²) in [4.78, 5) is 20.3. The third kappa shape index (κ3) is 3.02. The lowest BCUT2D eigenvalue weighted by atomic mass is 10.0. The molecular weight excluding hydrogens is 266 g/mol. The van der Waals surface area contributed by atoms with Gasteiger partial charge in [0.15, 0.2) is 0 Å². The van der Waals surface area contributed by atoms with Crippen LogP contribution in [0.1, 0.15) is 13.3 Å². The van der Waals surface area contributed by atoms with Crippen LogP contribution in [-0.2, 0) is 4.74 Å². The van der Waals surface area contributed by atoms with Crippen LogP contribution < -0.4 is 5.32 Å². The molecule has 108 valence electrons. The molecule has 0 spiro atoms. The van der Waals surface area contributed by atoms with E-state index in [0.29, 0.717) is 18.8 Å². The molecule has 0 saturated carbocycles. The molecule has 2 rings (SSSR count). The quantitative estimate of drug-likeness (QED) is 0.655. The number of non-ortho nitro benzene ring substituents is 1. The summed E-state index contributed by atoms with van der Waals surface area (Å²) < 4.78 is 5.42. The number of rotatable bonds is 5. The van der Waals surface area contributed by atoms with Crippen molar-refractivity contribution in [3.63, 3.8) is 0 Å². The van der Waals surface area contributed by atoms with Crippen LogP contribution in [0.3, 0.4) is 0 Å². The highest BCUT2D eigenvalue weighted by Gasteiger charge is 2.25. The van der Waals surface area contributed by atoms with Gasteiger partial charge in [-0.1, -0.05) is 0 Å². The zero-order chi connectivity index (χ0) is 14.7. The molecule has 0 radical (unpaired) electrons. The van der Waals surface area contributed by atoms with Crippen LogP contribution in [0.4, 0.5) is 17.1 Å². The van der Waals surface area contributed by atoms with Crippen LogP contribution in [0, 0.1) is 26.1 Å². The van der Waals surface area contributed by atoms with Gasteiger partial charge in [0.05, 0.1) is 22.0 Å². The first-order valence-electron chi connectivity index (χ1n) is 6.27. The predicted molar refractivity (Wildman–Crippen MR) is 71.8 cm³/mol. The minimum atomic E-state index is -0.649. The van der Waals surface area contributed by atoms with E-state index < -0.39 is 9.85 Å². The first-order valence-corrected chi connectivity index (χ1v) is 6.27. The molecule has 0 bridgehead atoms. The maximum absolute atomic E-state index is 11.0. The van der Waals surface area contributed by atoms with Gasteiger partial charge < -0.3 is 10.1 Å². The summed E-state index contributed by atoms with van der Waals surface area (Å²) in [6.45, 7) is 3.19. The summed E-state index contributed by atoms with van der Waals surface area (Å²) >= 11 is 0. The van der Waals surface area contributed by atoms with Gasteiger partial charge in [-0.25, -0.2) is 0 Å². The van der Waals surface area contributed by atoms with Crippen molar-refractivity contribution >= 4 is 17.1 Å². The number of anilines is 1. The number of nitro groups is 2.